The van der Waals surface area contributed by atoms with E-state index < -0.39 is 15.4 Å². The van der Waals surface area contributed by atoms with Crippen molar-refractivity contribution in [2.45, 2.75) is 32.3 Å². The molecule has 1 saturated heterocycles. The molecule has 5 heteroatoms. The van der Waals surface area contributed by atoms with Crippen molar-refractivity contribution in [2.24, 2.45) is 0 Å². The zero-order valence-corrected chi connectivity index (χ0v) is 10.4. The first-order valence-corrected chi connectivity index (χ1v) is 7.38. The molecular weight excluding hydrogens is 214 g/mol. The smallest absolute Gasteiger partial charge is 0.150 e. The van der Waals surface area contributed by atoms with Crippen molar-refractivity contribution in [3.8, 4) is 0 Å². The normalized spacial score (nSPS) is 21.3. The minimum atomic E-state index is -2.82. The van der Waals surface area contributed by atoms with Gasteiger partial charge in [0.1, 0.15) is 9.84 Å². The topological polar surface area (TPSA) is 57.6 Å². The molecule has 1 aliphatic rings. The maximum Gasteiger partial charge on any atom is 0.150 e. The van der Waals surface area contributed by atoms with Crippen LogP contribution in [0, 0.1) is 0 Å². The highest BCUT2D eigenvalue weighted by atomic mass is 32.2. The molecule has 15 heavy (non-hydrogen) atoms. The van der Waals surface area contributed by atoms with E-state index in [1.807, 2.05) is 6.92 Å². The number of aliphatic hydroxyl groups is 1. The summed E-state index contributed by atoms with van der Waals surface area (Å²) in [6.45, 7) is 5.81. The first-order chi connectivity index (χ1) is 6.91. The van der Waals surface area contributed by atoms with E-state index in [1.54, 1.807) is 6.92 Å². The summed E-state index contributed by atoms with van der Waals surface area (Å²) in [7, 11) is -2.82. The highest BCUT2D eigenvalue weighted by molar-refractivity contribution is 7.91. The van der Waals surface area contributed by atoms with E-state index in [0.717, 1.165) is 13.0 Å². The molecule has 0 aromatic carbocycles. The molecule has 90 valence electrons. The molecule has 0 unspecified atom stereocenters. The van der Waals surface area contributed by atoms with Crippen molar-refractivity contribution < 1.29 is 13.5 Å². The van der Waals surface area contributed by atoms with E-state index in [2.05, 4.69) is 4.90 Å². The number of sulfone groups is 1. The Morgan fingerprint density at radius 3 is 2.40 bits per heavy atom. The van der Waals surface area contributed by atoms with Crippen molar-refractivity contribution in [3.63, 3.8) is 0 Å². The summed E-state index contributed by atoms with van der Waals surface area (Å²) in [5.74, 6) is 0.496. The van der Waals surface area contributed by atoms with Gasteiger partial charge in [0.15, 0.2) is 0 Å². The Balaban J connectivity index is 2.14. The molecule has 1 rings (SSSR count). The highest BCUT2D eigenvalue weighted by Gasteiger charge is 2.38. The fraction of sp³-hybridized carbons (Fsp3) is 1.00. The first-order valence-electron chi connectivity index (χ1n) is 5.56. The Kier molecular flexibility index (Phi) is 4.14. The first kappa shape index (κ1) is 12.9. The number of nitrogens with zero attached hydrogens (tertiary/aromatic N) is 1. The third-order valence-corrected chi connectivity index (χ3v) is 4.85. The molecule has 0 bridgehead atoms. The van der Waals surface area contributed by atoms with Crippen molar-refractivity contribution in [1.82, 2.24) is 4.90 Å². The second-order valence-corrected chi connectivity index (χ2v) is 6.85. The Morgan fingerprint density at radius 2 is 1.93 bits per heavy atom. The Bertz CT molecular complexity index is 294. The van der Waals surface area contributed by atoms with Gasteiger partial charge in [-0.15, -0.1) is 0 Å². The maximum atomic E-state index is 11.2. The van der Waals surface area contributed by atoms with E-state index in [9.17, 15) is 13.5 Å². The van der Waals surface area contributed by atoms with Crippen LogP contribution in [0.1, 0.15) is 26.7 Å². The summed E-state index contributed by atoms with van der Waals surface area (Å²) in [6.07, 6.45) is 1.45. The fourth-order valence-electron chi connectivity index (χ4n) is 1.82. The molecule has 1 heterocycles. The van der Waals surface area contributed by atoms with Crippen LogP contribution in [-0.4, -0.2) is 55.2 Å². The number of hydrogen-bond donors (Lipinski definition) is 1. The fourth-order valence-corrected chi connectivity index (χ4v) is 2.68. The van der Waals surface area contributed by atoms with E-state index in [-0.39, 0.29) is 11.5 Å². The maximum absolute atomic E-state index is 11.2. The van der Waals surface area contributed by atoms with E-state index in [0.29, 0.717) is 19.5 Å². The Morgan fingerprint density at radius 1 is 1.33 bits per heavy atom. The second kappa shape index (κ2) is 4.80. The van der Waals surface area contributed by atoms with Crippen LogP contribution >= 0.6 is 0 Å². The van der Waals surface area contributed by atoms with Gasteiger partial charge in [-0.3, -0.25) is 4.90 Å². The van der Waals surface area contributed by atoms with Crippen LogP contribution in [0.5, 0.6) is 0 Å². The summed E-state index contributed by atoms with van der Waals surface area (Å²) in [6, 6.07) is 0. The van der Waals surface area contributed by atoms with Gasteiger partial charge in [0.2, 0.25) is 0 Å². The van der Waals surface area contributed by atoms with Crippen LogP contribution < -0.4 is 0 Å². The molecule has 0 aromatic heterocycles. The summed E-state index contributed by atoms with van der Waals surface area (Å²) >= 11 is 0. The molecule has 1 fully saturated rings. The lowest BCUT2D eigenvalue weighted by Gasteiger charge is -2.46. The molecule has 1 N–H and O–H groups in total. The average Bonchev–Trinajstić information content (AvgIpc) is 2.14. The molecule has 0 aliphatic carbocycles. The number of β-amino-alcohol motifs (C(OH)–C–C–N with tert-alkyl or cyclic N) is 1. The lowest BCUT2D eigenvalue weighted by Crippen LogP contribution is -2.61. The van der Waals surface area contributed by atoms with Crippen LogP contribution in [0.25, 0.3) is 0 Å². The molecule has 0 radical (unpaired) electrons. The molecule has 4 nitrogen and oxygen atoms in total. The minimum Gasteiger partial charge on any atom is -0.387 e. The summed E-state index contributed by atoms with van der Waals surface area (Å²) in [5, 5.41) is 9.73. The van der Waals surface area contributed by atoms with Crippen molar-refractivity contribution in [2.75, 3.05) is 31.1 Å². The monoisotopic (exact) mass is 235 g/mol. The van der Waals surface area contributed by atoms with Gasteiger partial charge >= 0.3 is 0 Å². The predicted molar refractivity (Wildman–Crippen MR) is 60.6 cm³/mol. The third kappa shape index (κ3) is 3.74. The molecule has 1 aliphatic heterocycles. The van der Waals surface area contributed by atoms with Crippen LogP contribution in [0.15, 0.2) is 0 Å². The van der Waals surface area contributed by atoms with Gasteiger partial charge in [0.05, 0.1) is 11.4 Å². The van der Waals surface area contributed by atoms with Crippen molar-refractivity contribution in [3.05, 3.63) is 0 Å². The Hall–Kier alpha value is -0.130. The average molecular weight is 235 g/mol. The molecular formula is C10H21NO3S. The lowest BCUT2D eigenvalue weighted by atomic mass is 9.91. The van der Waals surface area contributed by atoms with Gasteiger partial charge in [-0.05, 0) is 19.4 Å². The van der Waals surface area contributed by atoms with Gasteiger partial charge in [0, 0.05) is 18.8 Å². The number of likely N-dealkylation sites (tertiary alicyclic amines) is 1. The van der Waals surface area contributed by atoms with Crippen molar-refractivity contribution in [1.29, 1.82) is 0 Å². The number of hydrogen-bond acceptors (Lipinski definition) is 4. The van der Waals surface area contributed by atoms with Crippen LogP contribution in [0.3, 0.4) is 0 Å². The molecule has 0 spiro atoms. The number of rotatable bonds is 6. The predicted octanol–water partition coefficient (Wildman–Crippen LogP) is 0.268. The van der Waals surface area contributed by atoms with E-state index in [1.165, 1.54) is 0 Å². The second-order valence-electron chi connectivity index (χ2n) is 4.38. The van der Waals surface area contributed by atoms with E-state index >= 15 is 0 Å². The summed E-state index contributed by atoms with van der Waals surface area (Å²) in [5.41, 5.74) is -0.510. The van der Waals surface area contributed by atoms with Gasteiger partial charge in [0.25, 0.3) is 0 Å². The van der Waals surface area contributed by atoms with Gasteiger partial charge in [-0.25, -0.2) is 8.42 Å². The molecule has 0 saturated carbocycles. The van der Waals surface area contributed by atoms with Crippen LogP contribution in [0.4, 0.5) is 0 Å². The third-order valence-electron chi connectivity index (χ3n) is 3.06. The summed E-state index contributed by atoms with van der Waals surface area (Å²) in [4.78, 5) is 2.11. The van der Waals surface area contributed by atoms with Gasteiger partial charge in [-0.1, -0.05) is 13.8 Å². The van der Waals surface area contributed by atoms with E-state index in [4.69, 9.17) is 0 Å². The van der Waals surface area contributed by atoms with Crippen LogP contribution in [0.2, 0.25) is 0 Å². The van der Waals surface area contributed by atoms with Gasteiger partial charge < -0.3 is 5.11 Å². The SMILES string of the molecule is CCC1(O)CN(CCCS(=O)(=O)CC)C1. The summed E-state index contributed by atoms with van der Waals surface area (Å²) < 4.78 is 22.4. The van der Waals surface area contributed by atoms with Crippen molar-refractivity contribution >= 4 is 9.84 Å². The van der Waals surface area contributed by atoms with Crippen LogP contribution in [-0.2, 0) is 9.84 Å². The molecule has 0 atom stereocenters. The Labute approximate surface area is 92.2 Å². The lowest BCUT2D eigenvalue weighted by molar-refractivity contribution is -0.0988. The standard InChI is InChI=1S/C10H21NO3S/c1-3-10(12)8-11(9-10)6-5-7-15(13,14)4-2/h12H,3-9H2,1-2H3. The quantitative estimate of drug-likeness (QED) is 0.718. The molecule has 0 aromatic rings. The van der Waals surface area contributed by atoms with Gasteiger partial charge in [-0.2, -0.15) is 0 Å². The highest BCUT2D eigenvalue weighted by Crippen LogP contribution is 2.23. The zero-order valence-electron chi connectivity index (χ0n) is 9.57. The molecule has 0 amide bonds. The minimum absolute atomic E-state index is 0.228. The largest absolute Gasteiger partial charge is 0.387 e. The zero-order chi connectivity index (χ0) is 11.5.